The second-order valence-electron chi connectivity index (χ2n) is 12.6. The lowest BCUT2D eigenvalue weighted by Gasteiger charge is -2.63. The summed E-state index contributed by atoms with van der Waals surface area (Å²) in [7, 11) is 0. The number of aromatic amines is 1. The number of rotatable bonds is 6. The minimum absolute atomic E-state index is 0.588. The monoisotopic (exact) mass is 426 g/mol. The minimum atomic E-state index is 0.588. The van der Waals surface area contributed by atoms with Crippen molar-refractivity contribution in [1.29, 1.82) is 0 Å². The van der Waals surface area contributed by atoms with Gasteiger partial charge in [0.25, 0.3) is 0 Å². The molecule has 1 heterocycles. The number of nitrogens with one attached hydrogen (secondary N) is 1. The topological polar surface area (TPSA) is 54.5 Å². The molecule has 4 saturated carbocycles. The Hall–Kier alpha value is -0.930. The number of hydrogen-bond acceptors (Lipinski definition) is 3. The van der Waals surface area contributed by atoms with Gasteiger partial charge in [0.05, 0.1) is 0 Å². The molecule has 4 fully saturated rings. The smallest absolute Gasteiger partial charge is 0.148 e. The van der Waals surface area contributed by atoms with Gasteiger partial charge >= 0.3 is 0 Å². The number of H-pyrrole nitrogens is 1. The Morgan fingerprint density at radius 1 is 1.00 bits per heavy atom. The lowest BCUT2D eigenvalue weighted by atomic mass is 9.42. The number of nitrogens with zero attached hydrogens (tertiary/aromatic N) is 3. The minimum Gasteiger partial charge on any atom is -0.243 e. The Bertz CT molecular complexity index is 732. The summed E-state index contributed by atoms with van der Waals surface area (Å²) in [5.41, 5.74) is 1.24. The standard InChI is InChI=1S/C27H46N4/c1-5-19-17-20-23-13-12-21(18(2)9-8-11-25-28-30-31-29-25)27(23,4)16-14-24(20)26(3)15-7-6-10-22(19)26/h18-24H,5-17H2,1-4H3,(H,28,29,30,31)/t18-,19+,20+,21?,22+,23?,24+,26+,27-/m1/s1. The highest BCUT2D eigenvalue weighted by atomic mass is 15.5. The van der Waals surface area contributed by atoms with Crippen molar-refractivity contribution in [3.05, 3.63) is 5.82 Å². The third kappa shape index (κ3) is 3.59. The predicted molar refractivity (Wildman–Crippen MR) is 125 cm³/mol. The summed E-state index contributed by atoms with van der Waals surface area (Å²) in [4.78, 5) is 0. The summed E-state index contributed by atoms with van der Waals surface area (Å²) >= 11 is 0. The molecule has 4 aliphatic carbocycles. The molecule has 0 spiro atoms. The molecular formula is C27H46N4. The molecule has 4 nitrogen and oxygen atoms in total. The molecule has 174 valence electrons. The van der Waals surface area contributed by atoms with E-state index in [0.29, 0.717) is 10.8 Å². The van der Waals surface area contributed by atoms with Crippen LogP contribution in [0.2, 0.25) is 0 Å². The molecule has 31 heavy (non-hydrogen) atoms. The van der Waals surface area contributed by atoms with Crippen molar-refractivity contribution in [3.63, 3.8) is 0 Å². The van der Waals surface area contributed by atoms with Gasteiger partial charge in [-0.3, -0.25) is 0 Å². The van der Waals surface area contributed by atoms with E-state index in [0.717, 1.165) is 53.7 Å². The average molecular weight is 427 g/mol. The number of aromatic nitrogens is 4. The highest BCUT2D eigenvalue weighted by Gasteiger charge is 2.61. The second kappa shape index (κ2) is 8.45. The average Bonchev–Trinajstić information content (AvgIpc) is 3.40. The summed E-state index contributed by atoms with van der Waals surface area (Å²) in [6, 6.07) is 0. The molecule has 4 aliphatic rings. The van der Waals surface area contributed by atoms with E-state index in [2.05, 4.69) is 48.3 Å². The Labute approximate surface area is 190 Å². The summed E-state index contributed by atoms with van der Waals surface area (Å²) in [6.45, 7) is 10.5. The van der Waals surface area contributed by atoms with Gasteiger partial charge in [0, 0.05) is 6.42 Å². The van der Waals surface area contributed by atoms with Crippen molar-refractivity contribution < 1.29 is 0 Å². The van der Waals surface area contributed by atoms with Crippen LogP contribution in [0, 0.1) is 52.3 Å². The van der Waals surface area contributed by atoms with Gasteiger partial charge in [-0.1, -0.05) is 47.0 Å². The van der Waals surface area contributed by atoms with Gasteiger partial charge in [0.15, 0.2) is 0 Å². The van der Waals surface area contributed by atoms with Crippen molar-refractivity contribution in [2.75, 3.05) is 0 Å². The maximum atomic E-state index is 4.07. The summed E-state index contributed by atoms with van der Waals surface area (Å²) in [5, 5.41) is 14.5. The Morgan fingerprint density at radius 3 is 2.61 bits per heavy atom. The fourth-order valence-corrected chi connectivity index (χ4v) is 10.1. The molecule has 0 saturated heterocycles. The van der Waals surface area contributed by atoms with Gasteiger partial charge in [0.2, 0.25) is 0 Å². The molecule has 1 aromatic rings. The summed E-state index contributed by atoms with van der Waals surface area (Å²) < 4.78 is 0. The quantitative estimate of drug-likeness (QED) is 0.541. The van der Waals surface area contributed by atoms with Gasteiger partial charge in [-0.05, 0) is 120 Å². The molecular weight excluding hydrogens is 380 g/mol. The predicted octanol–water partition coefficient (Wildman–Crippen LogP) is 6.84. The van der Waals surface area contributed by atoms with E-state index in [-0.39, 0.29) is 0 Å². The van der Waals surface area contributed by atoms with Crippen molar-refractivity contribution >= 4 is 0 Å². The van der Waals surface area contributed by atoms with E-state index in [1.165, 1.54) is 70.6 Å². The maximum absolute atomic E-state index is 4.07. The zero-order chi connectivity index (χ0) is 21.6. The SMILES string of the molecule is CC[C@H]1C[C@H]2C3CCC([C@H](C)CCCc4nnn[nH]4)[C@@]3(C)CC[C@@H]2[C@@]2(C)CCCC[C@@H]12. The normalized spacial score (nSPS) is 45.5. The Kier molecular flexibility index (Phi) is 5.97. The molecule has 5 rings (SSSR count). The maximum Gasteiger partial charge on any atom is 0.148 e. The van der Waals surface area contributed by atoms with Crippen LogP contribution < -0.4 is 0 Å². The number of aryl methyl sites for hydroxylation is 1. The first-order valence-electron chi connectivity index (χ1n) is 13.7. The first-order chi connectivity index (χ1) is 15.0. The van der Waals surface area contributed by atoms with E-state index in [1.54, 1.807) is 6.42 Å². The van der Waals surface area contributed by atoms with Crippen LogP contribution in [-0.4, -0.2) is 20.6 Å². The zero-order valence-corrected chi connectivity index (χ0v) is 20.6. The fraction of sp³-hybridized carbons (Fsp3) is 0.963. The van der Waals surface area contributed by atoms with Crippen LogP contribution in [-0.2, 0) is 6.42 Å². The molecule has 1 N–H and O–H groups in total. The van der Waals surface area contributed by atoms with Crippen LogP contribution in [0.5, 0.6) is 0 Å². The van der Waals surface area contributed by atoms with Crippen molar-refractivity contribution in [2.45, 2.75) is 111 Å². The molecule has 0 amide bonds. The third-order valence-corrected chi connectivity index (χ3v) is 11.5. The Balaban J connectivity index is 1.30. The van der Waals surface area contributed by atoms with Crippen LogP contribution in [0.4, 0.5) is 0 Å². The number of tetrazole rings is 1. The van der Waals surface area contributed by atoms with Gasteiger partial charge in [0.1, 0.15) is 5.82 Å². The zero-order valence-electron chi connectivity index (χ0n) is 20.6. The van der Waals surface area contributed by atoms with Crippen LogP contribution in [0.3, 0.4) is 0 Å². The number of hydrogen-bond donors (Lipinski definition) is 1. The fourth-order valence-electron chi connectivity index (χ4n) is 10.1. The van der Waals surface area contributed by atoms with Gasteiger partial charge in [-0.15, -0.1) is 5.10 Å². The lowest BCUT2D eigenvalue weighted by Crippen LogP contribution is -2.55. The highest BCUT2D eigenvalue weighted by molar-refractivity contribution is 5.10. The van der Waals surface area contributed by atoms with Gasteiger partial charge in [-0.2, -0.15) is 0 Å². The summed E-state index contributed by atoms with van der Waals surface area (Å²) in [6.07, 6.45) is 18.5. The molecule has 9 atom stereocenters. The molecule has 0 bridgehead atoms. The third-order valence-electron chi connectivity index (χ3n) is 11.5. The van der Waals surface area contributed by atoms with Gasteiger partial charge in [-0.25, -0.2) is 5.10 Å². The van der Waals surface area contributed by atoms with Gasteiger partial charge < -0.3 is 0 Å². The highest BCUT2D eigenvalue weighted by Crippen LogP contribution is 2.69. The first-order valence-corrected chi connectivity index (χ1v) is 13.7. The van der Waals surface area contributed by atoms with Crippen LogP contribution in [0.1, 0.15) is 111 Å². The molecule has 4 heteroatoms. The van der Waals surface area contributed by atoms with Crippen LogP contribution in [0.15, 0.2) is 0 Å². The lowest BCUT2D eigenvalue weighted by molar-refractivity contribution is -0.138. The molecule has 0 aromatic carbocycles. The molecule has 1 aromatic heterocycles. The second-order valence-corrected chi connectivity index (χ2v) is 12.6. The molecule has 0 aliphatic heterocycles. The van der Waals surface area contributed by atoms with E-state index >= 15 is 0 Å². The van der Waals surface area contributed by atoms with Crippen molar-refractivity contribution in [1.82, 2.24) is 20.6 Å². The van der Waals surface area contributed by atoms with E-state index in [9.17, 15) is 0 Å². The van der Waals surface area contributed by atoms with E-state index < -0.39 is 0 Å². The number of fused-ring (bicyclic) bond motifs is 5. The first kappa shape index (κ1) is 21.9. The molecule has 2 unspecified atom stereocenters. The van der Waals surface area contributed by atoms with Crippen molar-refractivity contribution in [3.8, 4) is 0 Å². The van der Waals surface area contributed by atoms with Crippen LogP contribution >= 0.6 is 0 Å². The van der Waals surface area contributed by atoms with Crippen LogP contribution in [0.25, 0.3) is 0 Å². The Morgan fingerprint density at radius 2 is 1.84 bits per heavy atom. The summed E-state index contributed by atoms with van der Waals surface area (Å²) in [5.74, 6) is 7.75. The largest absolute Gasteiger partial charge is 0.243 e. The van der Waals surface area contributed by atoms with E-state index in [1.807, 2.05) is 0 Å². The molecule has 0 radical (unpaired) electrons. The van der Waals surface area contributed by atoms with E-state index in [4.69, 9.17) is 0 Å². The van der Waals surface area contributed by atoms with Crippen molar-refractivity contribution in [2.24, 2.45) is 52.3 Å².